The van der Waals surface area contributed by atoms with Crippen molar-refractivity contribution in [3.63, 3.8) is 0 Å². The van der Waals surface area contributed by atoms with Crippen molar-refractivity contribution in [3.8, 4) is 0 Å². The van der Waals surface area contributed by atoms with Crippen molar-refractivity contribution < 1.29 is 4.74 Å². The minimum atomic E-state index is 0.375. The molecule has 2 heteroatoms. The Kier molecular flexibility index (Phi) is 3.39. The van der Waals surface area contributed by atoms with E-state index in [1.807, 2.05) is 0 Å². The number of benzene rings is 1. The molecule has 1 heterocycles. The van der Waals surface area contributed by atoms with Crippen LogP contribution in [0.15, 0.2) is 24.3 Å². The molecule has 1 aliphatic rings. The van der Waals surface area contributed by atoms with Gasteiger partial charge in [-0.3, -0.25) is 0 Å². The van der Waals surface area contributed by atoms with Gasteiger partial charge in [0.2, 0.25) is 0 Å². The Morgan fingerprint density at radius 3 is 2.53 bits per heavy atom. The fourth-order valence-electron chi connectivity index (χ4n) is 1.89. The van der Waals surface area contributed by atoms with Crippen LogP contribution in [0, 0.1) is 0 Å². The molecule has 1 aromatic rings. The number of hydrogen-bond acceptors (Lipinski definition) is 2. The maximum Gasteiger partial charge on any atom is 0.0662 e. The second kappa shape index (κ2) is 4.77. The summed E-state index contributed by atoms with van der Waals surface area (Å²) >= 11 is 0. The lowest BCUT2D eigenvalue weighted by atomic mass is 9.99. The third-order valence-corrected chi connectivity index (χ3v) is 2.93. The molecule has 2 nitrogen and oxygen atoms in total. The second-order valence-electron chi connectivity index (χ2n) is 4.40. The highest BCUT2D eigenvalue weighted by Gasteiger charge is 2.14. The van der Waals surface area contributed by atoms with Gasteiger partial charge in [-0.15, -0.1) is 0 Å². The van der Waals surface area contributed by atoms with Crippen molar-refractivity contribution in [2.45, 2.75) is 25.8 Å². The topological polar surface area (TPSA) is 21.3 Å². The van der Waals surface area contributed by atoms with Gasteiger partial charge in [-0.05, 0) is 17.0 Å². The van der Waals surface area contributed by atoms with Crippen molar-refractivity contribution >= 4 is 0 Å². The highest BCUT2D eigenvalue weighted by molar-refractivity contribution is 5.27. The summed E-state index contributed by atoms with van der Waals surface area (Å²) in [4.78, 5) is 0. The first kappa shape index (κ1) is 10.7. The van der Waals surface area contributed by atoms with E-state index in [0.29, 0.717) is 12.0 Å². The highest BCUT2D eigenvalue weighted by atomic mass is 16.5. The molecule has 0 aliphatic carbocycles. The molecule has 0 spiro atoms. The summed E-state index contributed by atoms with van der Waals surface area (Å²) in [5.41, 5.74) is 2.73. The van der Waals surface area contributed by atoms with E-state index in [-0.39, 0.29) is 0 Å². The van der Waals surface area contributed by atoms with Crippen LogP contribution in [0.1, 0.15) is 36.9 Å². The number of hydrogen-bond donors (Lipinski definition) is 1. The zero-order valence-corrected chi connectivity index (χ0v) is 9.49. The lowest BCUT2D eigenvalue weighted by Gasteiger charge is -2.24. The van der Waals surface area contributed by atoms with Gasteiger partial charge in [0.05, 0.1) is 19.3 Å². The van der Waals surface area contributed by atoms with E-state index in [0.717, 1.165) is 19.8 Å². The molecule has 0 bridgehead atoms. The van der Waals surface area contributed by atoms with Gasteiger partial charge in [0.15, 0.2) is 0 Å². The Morgan fingerprint density at radius 2 is 2.00 bits per heavy atom. The van der Waals surface area contributed by atoms with E-state index in [1.165, 1.54) is 11.1 Å². The summed E-state index contributed by atoms with van der Waals surface area (Å²) in [6, 6.07) is 9.23. The highest BCUT2D eigenvalue weighted by Crippen LogP contribution is 2.19. The average molecular weight is 205 g/mol. The molecule has 0 unspecified atom stereocenters. The minimum Gasteiger partial charge on any atom is -0.378 e. The van der Waals surface area contributed by atoms with Crippen molar-refractivity contribution in [1.29, 1.82) is 0 Å². The monoisotopic (exact) mass is 205 g/mol. The molecule has 0 radical (unpaired) electrons. The zero-order valence-electron chi connectivity index (χ0n) is 9.49. The van der Waals surface area contributed by atoms with Gasteiger partial charge in [-0.2, -0.15) is 0 Å². The number of morpholine rings is 1. The average Bonchev–Trinajstić information content (AvgIpc) is 2.30. The standard InChI is InChI=1S/C13H19NO/c1-10(2)11-3-5-12(6-4-11)13-9-15-8-7-14-13/h3-6,10,13-14H,7-9H2,1-2H3/t13-/m0/s1. The van der Waals surface area contributed by atoms with E-state index in [2.05, 4.69) is 43.4 Å². The molecule has 1 atom stereocenters. The molecule has 1 saturated heterocycles. The van der Waals surface area contributed by atoms with Gasteiger partial charge in [0.25, 0.3) is 0 Å². The fourth-order valence-corrected chi connectivity index (χ4v) is 1.89. The van der Waals surface area contributed by atoms with E-state index in [9.17, 15) is 0 Å². The van der Waals surface area contributed by atoms with Crippen LogP contribution in [0.5, 0.6) is 0 Å². The summed E-state index contributed by atoms with van der Waals surface area (Å²) in [6.07, 6.45) is 0. The number of ether oxygens (including phenoxy) is 1. The van der Waals surface area contributed by atoms with Crippen LogP contribution in [0.4, 0.5) is 0 Å². The van der Waals surface area contributed by atoms with Crippen LogP contribution in [0.25, 0.3) is 0 Å². The molecule has 0 saturated carbocycles. The van der Waals surface area contributed by atoms with Crippen molar-refractivity contribution in [1.82, 2.24) is 5.32 Å². The molecule has 0 amide bonds. The van der Waals surface area contributed by atoms with Crippen LogP contribution in [-0.2, 0) is 4.74 Å². The lowest BCUT2D eigenvalue weighted by molar-refractivity contribution is 0.0769. The second-order valence-corrected chi connectivity index (χ2v) is 4.40. The van der Waals surface area contributed by atoms with Crippen LogP contribution in [-0.4, -0.2) is 19.8 Å². The summed E-state index contributed by atoms with van der Waals surface area (Å²) in [7, 11) is 0. The number of nitrogens with one attached hydrogen (secondary N) is 1. The van der Waals surface area contributed by atoms with Crippen LogP contribution < -0.4 is 5.32 Å². The summed E-state index contributed by atoms with van der Waals surface area (Å²) in [6.45, 7) is 7.02. The van der Waals surface area contributed by atoms with Gasteiger partial charge in [-0.25, -0.2) is 0 Å². The molecule has 1 fully saturated rings. The molecule has 15 heavy (non-hydrogen) atoms. The largest absolute Gasteiger partial charge is 0.378 e. The maximum absolute atomic E-state index is 5.45. The van der Waals surface area contributed by atoms with Crippen LogP contribution >= 0.6 is 0 Å². The fraction of sp³-hybridized carbons (Fsp3) is 0.538. The van der Waals surface area contributed by atoms with E-state index >= 15 is 0 Å². The quantitative estimate of drug-likeness (QED) is 0.801. The molecular weight excluding hydrogens is 186 g/mol. The van der Waals surface area contributed by atoms with Gasteiger partial charge in [0.1, 0.15) is 0 Å². The molecule has 1 aliphatic heterocycles. The lowest BCUT2D eigenvalue weighted by Crippen LogP contribution is -2.34. The summed E-state index contributed by atoms with van der Waals surface area (Å²) in [5.74, 6) is 0.606. The SMILES string of the molecule is CC(C)c1ccc([C@@H]2COCCN2)cc1. The Labute approximate surface area is 91.6 Å². The zero-order chi connectivity index (χ0) is 10.7. The van der Waals surface area contributed by atoms with Gasteiger partial charge >= 0.3 is 0 Å². The first-order valence-electron chi connectivity index (χ1n) is 5.68. The van der Waals surface area contributed by atoms with Crippen molar-refractivity contribution in [3.05, 3.63) is 35.4 Å². The molecular formula is C13H19NO. The third-order valence-electron chi connectivity index (χ3n) is 2.93. The Bertz CT molecular complexity index is 299. The Morgan fingerprint density at radius 1 is 1.27 bits per heavy atom. The Hall–Kier alpha value is -0.860. The molecule has 1 aromatic carbocycles. The predicted molar refractivity (Wildman–Crippen MR) is 62.1 cm³/mol. The normalized spacial score (nSPS) is 21.9. The van der Waals surface area contributed by atoms with E-state index in [1.54, 1.807) is 0 Å². The van der Waals surface area contributed by atoms with Crippen molar-refractivity contribution in [2.75, 3.05) is 19.8 Å². The molecule has 1 N–H and O–H groups in total. The first-order valence-corrected chi connectivity index (χ1v) is 5.68. The van der Waals surface area contributed by atoms with Gasteiger partial charge in [0, 0.05) is 6.54 Å². The van der Waals surface area contributed by atoms with Gasteiger partial charge in [-0.1, -0.05) is 38.1 Å². The Balaban J connectivity index is 2.08. The molecule has 0 aromatic heterocycles. The first-order chi connectivity index (χ1) is 7.27. The van der Waals surface area contributed by atoms with E-state index < -0.39 is 0 Å². The maximum atomic E-state index is 5.45. The van der Waals surface area contributed by atoms with Crippen molar-refractivity contribution in [2.24, 2.45) is 0 Å². The van der Waals surface area contributed by atoms with Gasteiger partial charge < -0.3 is 10.1 Å². The third kappa shape index (κ3) is 2.58. The minimum absolute atomic E-state index is 0.375. The van der Waals surface area contributed by atoms with Crippen LogP contribution in [0.3, 0.4) is 0 Å². The smallest absolute Gasteiger partial charge is 0.0662 e. The summed E-state index contributed by atoms with van der Waals surface area (Å²) < 4.78 is 5.45. The molecule has 2 rings (SSSR count). The summed E-state index contributed by atoms with van der Waals surface area (Å²) in [5, 5.41) is 3.46. The predicted octanol–water partition coefficient (Wildman–Crippen LogP) is 2.47. The van der Waals surface area contributed by atoms with Crippen LogP contribution in [0.2, 0.25) is 0 Å². The molecule has 82 valence electrons. The van der Waals surface area contributed by atoms with E-state index in [4.69, 9.17) is 4.74 Å². The number of rotatable bonds is 2.